The second-order valence-electron chi connectivity index (χ2n) is 14.0. The van der Waals surface area contributed by atoms with Gasteiger partial charge >= 0.3 is 5.97 Å². The second kappa shape index (κ2) is 7.29. The minimum atomic E-state index is -0.768. The molecule has 0 N–H and O–H groups in total. The van der Waals surface area contributed by atoms with Crippen molar-refractivity contribution in [3.8, 4) is 0 Å². The summed E-state index contributed by atoms with van der Waals surface area (Å²) in [7, 11) is 1.47. The van der Waals surface area contributed by atoms with E-state index in [1.54, 1.807) is 0 Å². The largest absolute Gasteiger partial charge is 0.468 e. The third-order valence-electron chi connectivity index (χ3n) is 12.2. The quantitative estimate of drug-likeness (QED) is 0.414. The summed E-state index contributed by atoms with van der Waals surface area (Å²) in [6.45, 7) is 13.6. The van der Waals surface area contributed by atoms with Gasteiger partial charge in [-0.05, 0) is 85.4 Å². The van der Waals surface area contributed by atoms with Crippen LogP contribution in [0.5, 0.6) is 0 Å². The summed E-state index contributed by atoms with van der Waals surface area (Å²) >= 11 is 0. The normalized spacial score (nSPS) is 47.8. The molecule has 0 amide bonds. The molecule has 4 heteroatoms. The van der Waals surface area contributed by atoms with Crippen molar-refractivity contribution in [1.29, 1.82) is 0 Å². The van der Waals surface area contributed by atoms with Gasteiger partial charge in [0.05, 0.1) is 12.5 Å². The van der Waals surface area contributed by atoms with Crippen molar-refractivity contribution in [1.82, 2.24) is 0 Å². The van der Waals surface area contributed by atoms with Gasteiger partial charge in [-0.25, -0.2) is 0 Å². The van der Waals surface area contributed by atoms with E-state index < -0.39 is 10.8 Å². The molecular formula is C30H44O4. The van der Waals surface area contributed by atoms with Crippen molar-refractivity contribution in [3.05, 3.63) is 11.1 Å². The third kappa shape index (κ3) is 2.80. The van der Waals surface area contributed by atoms with Crippen LogP contribution in [-0.2, 0) is 19.1 Å². The lowest BCUT2D eigenvalue weighted by Gasteiger charge is -2.69. The molecule has 5 rings (SSSR count). The molecule has 34 heavy (non-hydrogen) atoms. The first-order valence-corrected chi connectivity index (χ1v) is 13.7. The molecule has 0 saturated heterocycles. The van der Waals surface area contributed by atoms with E-state index >= 15 is 0 Å². The molecule has 4 nitrogen and oxygen atoms in total. The average molecular weight is 469 g/mol. The predicted molar refractivity (Wildman–Crippen MR) is 132 cm³/mol. The lowest BCUT2D eigenvalue weighted by molar-refractivity contribution is -0.175. The molecule has 0 aromatic rings. The maximum atomic E-state index is 14.0. The van der Waals surface area contributed by atoms with Crippen molar-refractivity contribution < 1.29 is 19.1 Å². The Hall–Kier alpha value is -1.45. The zero-order valence-electron chi connectivity index (χ0n) is 22.4. The molecule has 0 bridgehead atoms. The Bertz CT molecular complexity index is 990. The van der Waals surface area contributed by atoms with E-state index in [2.05, 4.69) is 27.7 Å². The molecule has 5 aliphatic rings. The highest BCUT2D eigenvalue weighted by atomic mass is 16.5. The average Bonchev–Trinajstić information content (AvgIpc) is 2.75. The molecule has 0 spiro atoms. The summed E-state index contributed by atoms with van der Waals surface area (Å²) in [5.41, 5.74) is 0.820. The Morgan fingerprint density at radius 1 is 0.941 bits per heavy atom. The van der Waals surface area contributed by atoms with Crippen LogP contribution in [0.1, 0.15) is 106 Å². The van der Waals surface area contributed by atoms with Gasteiger partial charge < -0.3 is 4.74 Å². The lowest BCUT2D eigenvalue weighted by Crippen LogP contribution is -2.63. The van der Waals surface area contributed by atoms with Crippen LogP contribution in [0.2, 0.25) is 0 Å². The van der Waals surface area contributed by atoms with Gasteiger partial charge in [-0.15, -0.1) is 0 Å². The fourth-order valence-electron chi connectivity index (χ4n) is 10.1. The number of hydrogen-bond acceptors (Lipinski definition) is 4. The Labute approximate surface area is 205 Å². The minimum Gasteiger partial charge on any atom is -0.468 e. The first-order chi connectivity index (χ1) is 15.8. The first-order valence-electron chi connectivity index (χ1n) is 13.7. The predicted octanol–water partition coefficient (Wildman–Crippen LogP) is 6.46. The van der Waals surface area contributed by atoms with E-state index in [0.717, 1.165) is 50.5 Å². The van der Waals surface area contributed by atoms with E-state index in [4.69, 9.17) is 4.74 Å². The SMILES string of the molecule is COC(=O)C12CCC(C)(C)C(=O)C1=C1CCC3C4(C)CC(=O)CC(C)C4CCC3(C)C1(C)CC2. The molecule has 7 unspecified atom stereocenters. The number of esters is 1. The van der Waals surface area contributed by atoms with Crippen LogP contribution in [0.3, 0.4) is 0 Å². The summed E-state index contributed by atoms with van der Waals surface area (Å²) in [4.78, 5) is 40.1. The molecule has 0 aromatic heterocycles. The molecule has 5 aliphatic carbocycles. The number of hydrogen-bond donors (Lipinski definition) is 0. The van der Waals surface area contributed by atoms with Crippen molar-refractivity contribution in [2.45, 2.75) is 106 Å². The summed E-state index contributed by atoms with van der Waals surface area (Å²) < 4.78 is 5.36. The summed E-state index contributed by atoms with van der Waals surface area (Å²) in [5, 5.41) is 0. The van der Waals surface area contributed by atoms with E-state index in [1.165, 1.54) is 12.7 Å². The van der Waals surface area contributed by atoms with Crippen LogP contribution in [-0.4, -0.2) is 24.6 Å². The van der Waals surface area contributed by atoms with Crippen LogP contribution in [0.15, 0.2) is 11.1 Å². The smallest absolute Gasteiger partial charge is 0.316 e. The molecule has 0 aliphatic heterocycles. The van der Waals surface area contributed by atoms with E-state index in [1.807, 2.05) is 13.8 Å². The van der Waals surface area contributed by atoms with Gasteiger partial charge in [0.1, 0.15) is 5.78 Å². The van der Waals surface area contributed by atoms with Gasteiger partial charge in [0.15, 0.2) is 5.78 Å². The highest BCUT2D eigenvalue weighted by Crippen LogP contribution is 2.74. The summed E-state index contributed by atoms with van der Waals surface area (Å²) in [6.07, 6.45) is 8.71. The maximum Gasteiger partial charge on any atom is 0.316 e. The molecular weight excluding hydrogens is 424 g/mol. The number of ether oxygens (including phenoxy) is 1. The standard InChI is InChI=1S/C30H44O4/c1-18-16-19(31)17-27(4)20(18)10-11-29(6)22(27)9-8-21-23-24(32)26(2,3)12-14-30(23,25(33)34-7)15-13-28(21,29)5/h18,20,22H,8-17H2,1-7H3. The number of ketones is 2. The van der Waals surface area contributed by atoms with E-state index in [9.17, 15) is 14.4 Å². The zero-order valence-corrected chi connectivity index (χ0v) is 22.4. The number of carbonyl (C=O) groups excluding carboxylic acids is 3. The Morgan fingerprint density at radius 3 is 2.29 bits per heavy atom. The fourth-order valence-corrected chi connectivity index (χ4v) is 10.1. The monoisotopic (exact) mass is 468 g/mol. The molecule has 0 radical (unpaired) electrons. The van der Waals surface area contributed by atoms with Crippen LogP contribution < -0.4 is 0 Å². The first kappa shape index (κ1) is 24.3. The number of allylic oxidation sites excluding steroid dienone is 1. The summed E-state index contributed by atoms with van der Waals surface area (Å²) in [5.74, 6) is 1.93. The Kier molecular flexibility index (Phi) is 5.20. The Morgan fingerprint density at radius 2 is 1.62 bits per heavy atom. The highest BCUT2D eigenvalue weighted by molar-refractivity contribution is 6.07. The topological polar surface area (TPSA) is 60.4 Å². The van der Waals surface area contributed by atoms with Crippen LogP contribution in [0.4, 0.5) is 0 Å². The number of carbonyl (C=O) groups is 3. The minimum absolute atomic E-state index is 0.0281. The summed E-state index contributed by atoms with van der Waals surface area (Å²) in [6, 6.07) is 0. The highest BCUT2D eigenvalue weighted by Gasteiger charge is 2.68. The van der Waals surface area contributed by atoms with Crippen molar-refractivity contribution >= 4 is 17.5 Å². The number of fused-ring (bicyclic) bond motifs is 6. The van der Waals surface area contributed by atoms with Gasteiger partial charge in [-0.2, -0.15) is 0 Å². The van der Waals surface area contributed by atoms with Gasteiger partial charge in [0, 0.05) is 23.8 Å². The number of methoxy groups -OCH3 is 1. The van der Waals surface area contributed by atoms with Gasteiger partial charge in [-0.3, -0.25) is 14.4 Å². The third-order valence-corrected chi connectivity index (χ3v) is 12.2. The van der Waals surface area contributed by atoms with Gasteiger partial charge in [-0.1, -0.05) is 47.1 Å². The van der Waals surface area contributed by atoms with Crippen LogP contribution in [0, 0.1) is 44.8 Å². The molecule has 4 saturated carbocycles. The zero-order chi connectivity index (χ0) is 24.9. The number of rotatable bonds is 1. The maximum absolute atomic E-state index is 14.0. The second-order valence-corrected chi connectivity index (χ2v) is 14.0. The lowest BCUT2D eigenvalue weighted by atomic mass is 9.35. The van der Waals surface area contributed by atoms with Gasteiger partial charge in [0.25, 0.3) is 0 Å². The van der Waals surface area contributed by atoms with Crippen LogP contribution in [0.25, 0.3) is 0 Å². The molecule has 0 heterocycles. The Balaban J connectivity index is 1.67. The van der Waals surface area contributed by atoms with Gasteiger partial charge in [0.2, 0.25) is 0 Å². The molecule has 7 atom stereocenters. The molecule has 0 aromatic carbocycles. The number of Topliss-reactive ketones (excluding diaryl/α,β-unsaturated/α-hetero) is 2. The van der Waals surface area contributed by atoms with Crippen LogP contribution >= 0.6 is 0 Å². The van der Waals surface area contributed by atoms with Crippen molar-refractivity contribution in [2.24, 2.45) is 44.8 Å². The van der Waals surface area contributed by atoms with Crippen molar-refractivity contribution in [3.63, 3.8) is 0 Å². The molecule has 4 fully saturated rings. The fraction of sp³-hybridized carbons (Fsp3) is 0.833. The molecule has 188 valence electrons. The van der Waals surface area contributed by atoms with E-state index in [-0.39, 0.29) is 28.0 Å². The van der Waals surface area contributed by atoms with Crippen molar-refractivity contribution in [2.75, 3.05) is 7.11 Å². The van der Waals surface area contributed by atoms with E-state index in [0.29, 0.717) is 42.8 Å².